The summed E-state index contributed by atoms with van der Waals surface area (Å²) in [7, 11) is 0. The molecule has 2 atom stereocenters. The van der Waals surface area contributed by atoms with E-state index in [0.29, 0.717) is 36.6 Å². The Kier molecular flexibility index (Phi) is 5.17. The average Bonchev–Trinajstić information content (AvgIpc) is 3.10. The van der Waals surface area contributed by atoms with Gasteiger partial charge < -0.3 is 20.1 Å². The second kappa shape index (κ2) is 7.69. The number of amides is 2. The van der Waals surface area contributed by atoms with Crippen LogP contribution in [0.2, 0.25) is 0 Å². The highest BCUT2D eigenvalue weighted by Gasteiger charge is 2.33. The molecule has 0 radical (unpaired) electrons. The SMILES string of the molecule is C[C@@H]1Oc2ccccc2O[C@H]1C(=O)NCCCC(=O)Nc1cn[nH]c1. The number of hydrogen-bond acceptors (Lipinski definition) is 5. The molecule has 1 aliphatic heterocycles. The summed E-state index contributed by atoms with van der Waals surface area (Å²) in [5, 5.41) is 11.9. The Bertz CT molecular complexity index is 732. The number of nitrogens with one attached hydrogen (secondary N) is 3. The first-order valence-electron chi connectivity index (χ1n) is 8.12. The molecule has 0 fully saturated rings. The number of hydrogen-bond donors (Lipinski definition) is 3. The van der Waals surface area contributed by atoms with E-state index in [4.69, 9.17) is 9.47 Å². The first-order chi connectivity index (χ1) is 12.1. The number of carbonyl (C=O) groups excluding carboxylic acids is 2. The van der Waals surface area contributed by atoms with Crippen molar-refractivity contribution < 1.29 is 19.1 Å². The Morgan fingerprint density at radius 2 is 2.00 bits per heavy atom. The third-order valence-electron chi connectivity index (χ3n) is 3.76. The van der Waals surface area contributed by atoms with Crippen LogP contribution in [0.5, 0.6) is 11.5 Å². The lowest BCUT2D eigenvalue weighted by Gasteiger charge is -2.31. The van der Waals surface area contributed by atoms with E-state index in [0.717, 1.165) is 0 Å². The van der Waals surface area contributed by atoms with E-state index in [2.05, 4.69) is 20.8 Å². The van der Waals surface area contributed by atoms with Crippen LogP contribution in [0, 0.1) is 0 Å². The fraction of sp³-hybridized carbons (Fsp3) is 0.353. The lowest BCUT2D eigenvalue weighted by Crippen LogP contribution is -2.49. The van der Waals surface area contributed by atoms with Crippen LogP contribution < -0.4 is 20.1 Å². The molecule has 0 spiro atoms. The van der Waals surface area contributed by atoms with Crippen molar-refractivity contribution in [2.45, 2.75) is 32.0 Å². The van der Waals surface area contributed by atoms with Gasteiger partial charge in [-0.25, -0.2) is 0 Å². The van der Waals surface area contributed by atoms with Crippen molar-refractivity contribution in [1.82, 2.24) is 15.5 Å². The van der Waals surface area contributed by atoms with Gasteiger partial charge in [-0.15, -0.1) is 0 Å². The standard InChI is InChI=1S/C17H20N4O4/c1-11-16(25-14-6-3-2-5-13(14)24-11)17(23)18-8-4-7-15(22)21-12-9-19-20-10-12/h2-3,5-6,9-11,16H,4,7-8H2,1H3,(H,18,23)(H,19,20)(H,21,22)/t11-,16+/m0/s1. The van der Waals surface area contributed by atoms with E-state index in [-0.39, 0.29) is 17.9 Å². The summed E-state index contributed by atoms with van der Waals surface area (Å²) >= 11 is 0. The molecule has 8 heteroatoms. The molecule has 1 aromatic carbocycles. The molecular weight excluding hydrogens is 324 g/mol. The summed E-state index contributed by atoms with van der Waals surface area (Å²) in [6, 6.07) is 7.25. The zero-order valence-corrected chi connectivity index (χ0v) is 13.8. The van der Waals surface area contributed by atoms with E-state index >= 15 is 0 Å². The third-order valence-corrected chi connectivity index (χ3v) is 3.76. The topological polar surface area (TPSA) is 105 Å². The summed E-state index contributed by atoms with van der Waals surface area (Å²) in [5.41, 5.74) is 0.620. The van der Waals surface area contributed by atoms with E-state index in [1.54, 1.807) is 25.3 Å². The van der Waals surface area contributed by atoms with Gasteiger partial charge in [0.15, 0.2) is 11.5 Å². The van der Waals surface area contributed by atoms with Gasteiger partial charge in [-0.1, -0.05) is 12.1 Å². The summed E-state index contributed by atoms with van der Waals surface area (Å²) in [6.07, 6.45) is 2.84. The molecule has 0 bridgehead atoms. The number of anilines is 1. The molecule has 1 aliphatic rings. The molecule has 2 aromatic rings. The van der Waals surface area contributed by atoms with Crippen molar-refractivity contribution in [3.05, 3.63) is 36.7 Å². The maximum atomic E-state index is 12.3. The van der Waals surface area contributed by atoms with Gasteiger partial charge in [-0.2, -0.15) is 5.10 Å². The predicted octanol–water partition coefficient (Wildman–Crippen LogP) is 1.47. The minimum atomic E-state index is -0.713. The van der Waals surface area contributed by atoms with Crippen LogP contribution in [0.3, 0.4) is 0 Å². The van der Waals surface area contributed by atoms with E-state index < -0.39 is 6.10 Å². The van der Waals surface area contributed by atoms with Crippen molar-refractivity contribution in [2.24, 2.45) is 0 Å². The fourth-order valence-corrected chi connectivity index (χ4v) is 2.51. The van der Waals surface area contributed by atoms with Gasteiger partial charge in [-0.05, 0) is 25.5 Å². The van der Waals surface area contributed by atoms with Crippen molar-refractivity contribution >= 4 is 17.5 Å². The first-order valence-corrected chi connectivity index (χ1v) is 8.12. The Morgan fingerprint density at radius 3 is 2.72 bits per heavy atom. The highest BCUT2D eigenvalue weighted by molar-refractivity contribution is 5.90. The molecule has 3 N–H and O–H groups in total. The van der Waals surface area contributed by atoms with E-state index in [1.165, 1.54) is 6.20 Å². The van der Waals surface area contributed by atoms with Crippen molar-refractivity contribution in [3.63, 3.8) is 0 Å². The van der Waals surface area contributed by atoms with E-state index in [9.17, 15) is 9.59 Å². The van der Waals surface area contributed by atoms with Gasteiger partial charge in [0.1, 0.15) is 6.10 Å². The molecule has 3 rings (SSSR count). The quantitative estimate of drug-likeness (QED) is 0.688. The lowest BCUT2D eigenvalue weighted by molar-refractivity contribution is -0.133. The van der Waals surface area contributed by atoms with Gasteiger partial charge in [0.05, 0.1) is 11.9 Å². The second-order valence-corrected chi connectivity index (χ2v) is 5.74. The first kappa shape index (κ1) is 16.8. The van der Waals surface area contributed by atoms with Crippen LogP contribution in [0.4, 0.5) is 5.69 Å². The summed E-state index contributed by atoms with van der Waals surface area (Å²) < 4.78 is 11.4. The zero-order valence-electron chi connectivity index (χ0n) is 13.8. The molecule has 0 aliphatic carbocycles. The number of para-hydroxylation sites is 2. The van der Waals surface area contributed by atoms with Crippen LogP contribution in [0.15, 0.2) is 36.7 Å². The Balaban J connectivity index is 1.41. The van der Waals surface area contributed by atoms with Crippen LogP contribution >= 0.6 is 0 Å². The molecule has 0 unspecified atom stereocenters. The minimum Gasteiger partial charge on any atom is -0.482 e. The smallest absolute Gasteiger partial charge is 0.265 e. The van der Waals surface area contributed by atoms with Crippen molar-refractivity contribution in [2.75, 3.05) is 11.9 Å². The molecule has 8 nitrogen and oxygen atoms in total. The lowest BCUT2D eigenvalue weighted by atomic mass is 10.1. The number of aromatic amines is 1. The summed E-state index contributed by atoms with van der Waals surface area (Å²) in [6.45, 7) is 2.17. The molecule has 0 saturated heterocycles. The monoisotopic (exact) mass is 344 g/mol. The molecule has 0 saturated carbocycles. The Labute approximate surface area is 144 Å². The van der Waals surface area contributed by atoms with Gasteiger partial charge in [0.2, 0.25) is 12.0 Å². The molecule has 2 amide bonds. The van der Waals surface area contributed by atoms with Crippen LogP contribution in [-0.4, -0.2) is 40.8 Å². The molecule has 2 heterocycles. The highest BCUT2D eigenvalue weighted by atomic mass is 16.6. The van der Waals surface area contributed by atoms with Gasteiger partial charge >= 0.3 is 0 Å². The molecule has 132 valence electrons. The second-order valence-electron chi connectivity index (χ2n) is 5.74. The Morgan fingerprint density at radius 1 is 1.24 bits per heavy atom. The maximum Gasteiger partial charge on any atom is 0.265 e. The van der Waals surface area contributed by atoms with Gasteiger partial charge in [-0.3, -0.25) is 14.7 Å². The number of fused-ring (bicyclic) bond motifs is 1. The number of carbonyl (C=O) groups is 2. The predicted molar refractivity (Wildman–Crippen MR) is 90.4 cm³/mol. The molecule has 25 heavy (non-hydrogen) atoms. The third kappa shape index (κ3) is 4.28. The van der Waals surface area contributed by atoms with Crippen molar-refractivity contribution in [1.29, 1.82) is 0 Å². The van der Waals surface area contributed by atoms with Crippen molar-refractivity contribution in [3.8, 4) is 11.5 Å². The van der Waals surface area contributed by atoms with E-state index in [1.807, 2.05) is 12.1 Å². The largest absolute Gasteiger partial charge is 0.482 e. The minimum absolute atomic E-state index is 0.129. The fourth-order valence-electron chi connectivity index (χ4n) is 2.51. The average molecular weight is 344 g/mol. The number of aromatic nitrogens is 2. The van der Waals surface area contributed by atoms with Crippen LogP contribution in [-0.2, 0) is 9.59 Å². The normalized spacial score (nSPS) is 18.4. The van der Waals surface area contributed by atoms with Gasteiger partial charge in [0, 0.05) is 19.2 Å². The van der Waals surface area contributed by atoms with Crippen LogP contribution in [0.25, 0.3) is 0 Å². The number of benzene rings is 1. The maximum absolute atomic E-state index is 12.3. The number of rotatable bonds is 6. The number of H-pyrrole nitrogens is 1. The Hall–Kier alpha value is -3.03. The molecule has 1 aromatic heterocycles. The van der Waals surface area contributed by atoms with Crippen LogP contribution in [0.1, 0.15) is 19.8 Å². The highest BCUT2D eigenvalue weighted by Crippen LogP contribution is 2.33. The summed E-state index contributed by atoms with van der Waals surface area (Å²) in [5.74, 6) is 0.808. The van der Waals surface area contributed by atoms with Gasteiger partial charge in [0.25, 0.3) is 5.91 Å². The number of nitrogens with zero attached hydrogens (tertiary/aromatic N) is 1. The summed E-state index contributed by atoms with van der Waals surface area (Å²) in [4.78, 5) is 24.0. The molecular formula is C17H20N4O4. The zero-order chi connectivity index (χ0) is 17.6. The number of ether oxygens (including phenoxy) is 2.